The van der Waals surface area contributed by atoms with Gasteiger partial charge in [-0.25, -0.2) is 0 Å². The van der Waals surface area contributed by atoms with Gasteiger partial charge in [0.15, 0.2) is 0 Å². The molecule has 1 aromatic heterocycles. The van der Waals surface area contributed by atoms with Crippen molar-refractivity contribution in [1.82, 2.24) is 4.98 Å². The lowest BCUT2D eigenvalue weighted by Crippen LogP contribution is -1.99. The van der Waals surface area contributed by atoms with Crippen LogP contribution in [-0.4, -0.2) is 17.5 Å². The Kier molecular flexibility index (Phi) is 4.16. The van der Waals surface area contributed by atoms with Crippen molar-refractivity contribution in [2.24, 2.45) is 0 Å². The van der Waals surface area contributed by atoms with Crippen molar-refractivity contribution >= 4 is 22.5 Å². The van der Waals surface area contributed by atoms with Gasteiger partial charge < -0.3 is 9.72 Å². The summed E-state index contributed by atoms with van der Waals surface area (Å²) in [6.45, 7) is 2.78. The zero-order valence-electron chi connectivity index (χ0n) is 12.0. The molecule has 3 heteroatoms. The van der Waals surface area contributed by atoms with Crippen molar-refractivity contribution in [3.05, 3.63) is 54.1 Å². The van der Waals surface area contributed by atoms with Crippen LogP contribution in [0.3, 0.4) is 0 Å². The summed E-state index contributed by atoms with van der Waals surface area (Å²) < 4.78 is 5.88. The molecule has 0 atom stereocenters. The van der Waals surface area contributed by atoms with E-state index in [1.807, 2.05) is 24.3 Å². The molecule has 2 aromatic carbocycles. The fourth-order valence-corrected chi connectivity index (χ4v) is 2.70. The molecule has 0 unspecified atom stereocenters. The molecule has 0 radical (unpaired) electrons. The molecule has 0 saturated heterocycles. The second-order valence-corrected chi connectivity index (χ2v) is 5.44. The van der Waals surface area contributed by atoms with Crippen LogP contribution in [0, 0.1) is 6.92 Å². The van der Waals surface area contributed by atoms with Crippen molar-refractivity contribution in [3.8, 4) is 17.0 Å². The molecule has 3 rings (SSSR count). The minimum atomic E-state index is 0.619. The first-order chi connectivity index (χ1) is 10.3. The van der Waals surface area contributed by atoms with Gasteiger partial charge in [-0.1, -0.05) is 30.3 Å². The summed E-state index contributed by atoms with van der Waals surface area (Å²) in [5.41, 5.74) is 4.62. The Labute approximate surface area is 129 Å². The van der Waals surface area contributed by atoms with E-state index in [2.05, 4.69) is 36.2 Å². The van der Waals surface area contributed by atoms with E-state index in [-0.39, 0.29) is 0 Å². The second kappa shape index (κ2) is 6.23. The highest BCUT2D eigenvalue weighted by Crippen LogP contribution is 2.35. The number of ether oxygens (including phenoxy) is 1. The van der Waals surface area contributed by atoms with Gasteiger partial charge in [0.05, 0.1) is 12.3 Å². The number of H-pyrrole nitrogens is 1. The molecule has 0 spiro atoms. The Morgan fingerprint density at radius 2 is 1.81 bits per heavy atom. The van der Waals surface area contributed by atoms with Gasteiger partial charge in [-0.2, -0.15) is 0 Å². The fourth-order valence-electron chi connectivity index (χ4n) is 2.59. The van der Waals surface area contributed by atoms with Crippen LogP contribution in [0.1, 0.15) is 12.0 Å². The number of benzene rings is 2. The number of halogens is 1. The Hall–Kier alpha value is -1.93. The number of para-hydroxylation sites is 2. The van der Waals surface area contributed by atoms with Crippen LogP contribution in [0.25, 0.3) is 22.2 Å². The lowest BCUT2D eigenvalue weighted by Gasteiger charge is -2.10. The summed E-state index contributed by atoms with van der Waals surface area (Å²) in [6, 6.07) is 16.5. The SMILES string of the molecule is Cc1c(-c2ccccc2OCCCCl)[nH]c2ccccc12. The minimum Gasteiger partial charge on any atom is -0.493 e. The topological polar surface area (TPSA) is 25.0 Å². The van der Waals surface area contributed by atoms with Crippen LogP contribution in [0.15, 0.2) is 48.5 Å². The maximum atomic E-state index is 5.88. The average Bonchev–Trinajstić information content (AvgIpc) is 2.86. The van der Waals surface area contributed by atoms with Crippen LogP contribution >= 0.6 is 11.6 Å². The van der Waals surface area contributed by atoms with Crippen molar-refractivity contribution in [2.45, 2.75) is 13.3 Å². The van der Waals surface area contributed by atoms with Crippen molar-refractivity contribution < 1.29 is 4.74 Å². The number of alkyl halides is 1. The van der Waals surface area contributed by atoms with E-state index in [0.717, 1.165) is 28.9 Å². The van der Waals surface area contributed by atoms with Gasteiger partial charge in [0.1, 0.15) is 5.75 Å². The molecule has 0 bridgehead atoms. The lowest BCUT2D eigenvalue weighted by molar-refractivity contribution is 0.319. The molecular formula is C18H18ClNO. The van der Waals surface area contributed by atoms with Gasteiger partial charge in [-0.3, -0.25) is 0 Å². The number of nitrogens with one attached hydrogen (secondary N) is 1. The summed E-state index contributed by atoms with van der Waals surface area (Å²) in [4.78, 5) is 3.50. The number of hydrogen-bond acceptors (Lipinski definition) is 1. The van der Waals surface area contributed by atoms with Gasteiger partial charge in [-0.15, -0.1) is 11.6 Å². The molecule has 0 amide bonds. The van der Waals surface area contributed by atoms with E-state index in [1.54, 1.807) is 0 Å². The maximum absolute atomic E-state index is 5.88. The first kappa shape index (κ1) is 14.0. The molecule has 1 heterocycles. The maximum Gasteiger partial charge on any atom is 0.128 e. The largest absolute Gasteiger partial charge is 0.493 e. The Bertz CT molecular complexity index is 748. The van der Waals surface area contributed by atoms with E-state index < -0.39 is 0 Å². The number of aromatic nitrogens is 1. The van der Waals surface area contributed by atoms with E-state index in [4.69, 9.17) is 16.3 Å². The highest BCUT2D eigenvalue weighted by atomic mass is 35.5. The highest BCUT2D eigenvalue weighted by molar-refractivity contribution is 6.17. The number of rotatable bonds is 5. The zero-order chi connectivity index (χ0) is 14.7. The molecule has 0 aliphatic rings. The second-order valence-electron chi connectivity index (χ2n) is 5.06. The molecule has 0 aliphatic heterocycles. The third-order valence-electron chi connectivity index (χ3n) is 3.66. The van der Waals surface area contributed by atoms with E-state index in [0.29, 0.717) is 12.5 Å². The summed E-state index contributed by atoms with van der Waals surface area (Å²) in [5.74, 6) is 1.52. The summed E-state index contributed by atoms with van der Waals surface area (Å²) in [6.07, 6.45) is 0.849. The Balaban J connectivity index is 2.04. The fraction of sp³-hybridized carbons (Fsp3) is 0.222. The minimum absolute atomic E-state index is 0.619. The molecular weight excluding hydrogens is 282 g/mol. The molecule has 108 valence electrons. The molecule has 21 heavy (non-hydrogen) atoms. The molecule has 2 nitrogen and oxygen atoms in total. The summed E-state index contributed by atoms with van der Waals surface area (Å²) in [5, 5.41) is 1.25. The average molecular weight is 300 g/mol. The zero-order valence-corrected chi connectivity index (χ0v) is 12.8. The molecule has 1 N–H and O–H groups in total. The van der Waals surface area contributed by atoms with Gasteiger partial charge >= 0.3 is 0 Å². The Morgan fingerprint density at radius 3 is 2.62 bits per heavy atom. The van der Waals surface area contributed by atoms with Gasteiger partial charge in [-0.05, 0) is 37.1 Å². The summed E-state index contributed by atoms with van der Waals surface area (Å²) in [7, 11) is 0. The van der Waals surface area contributed by atoms with Crippen LogP contribution in [0.4, 0.5) is 0 Å². The normalized spacial score (nSPS) is 11.0. The van der Waals surface area contributed by atoms with E-state index in [1.165, 1.54) is 10.9 Å². The summed E-state index contributed by atoms with van der Waals surface area (Å²) >= 11 is 5.72. The van der Waals surface area contributed by atoms with Crippen molar-refractivity contribution in [3.63, 3.8) is 0 Å². The predicted octanol–water partition coefficient (Wildman–Crippen LogP) is 5.15. The van der Waals surface area contributed by atoms with E-state index in [9.17, 15) is 0 Å². The highest BCUT2D eigenvalue weighted by Gasteiger charge is 2.13. The van der Waals surface area contributed by atoms with Crippen LogP contribution in [0.5, 0.6) is 5.75 Å². The number of aryl methyl sites for hydroxylation is 1. The first-order valence-corrected chi connectivity index (χ1v) is 7.70. The Morgan fingerprint density at radius 1 is 1.05 bits per heavy atom. The number of aromatic amines is 1. The quantitative estimate of drug-likeness (QED) is 0.511. The lowest BCUT2D eigenvalue weighted by atomic mass is 10.1. The smallest absolute Gasteiger partial charge is 0.128 e. The van der Waals surface area contributed by atoms with E-state index >= 15 is 0 Å². The van der Waals surface area contributed by atoms with Gasteiger partial charge in [0.25, 0.3) is 0 Å². The molecule has 3 aromatic rings. The first-order valence-electron chi connectivity index (χ1n) is 7.16. The van der Waals surface area contributed by atoms with Crippen molar-refractivity contribution in [1.29, 1.82) is 0 Å². The van der Waals surface area contributed by atoms with Gasteiger partial charge in [0, 0.05) is 22.3 Å². The monoisotopic (exact) mass is 299 g/mol. The third-order valence-corrected chi connectivity index (χ3v) is 3.92. The molecule has 0 saturated carbocycles. The van der Waals surface area contributed by atoms with Crippen molar-refractivity contribution in [2.75, 3.05) is 12.5 Å². The molecule has 0 fully saturated rings. The third kappa shape index (κ3) is 2.77. The van der Waals surface area contributed by atoms with Crippen LogP contribution < -0.4 is 4.74 Å². The number of fused-ring (bicyclic) bond motifs is 1. The number of hydrogen-bond donors (Lipinski definition) is 1. The van der Waals surface area contributed by atoms with Gasteiger partial charge in [0.2, 0.25) is 0 Å². The van der Waals surface area contributed by atoms with Crippen LogP contribution in [0.2, 0.25) is 0 Å². The molecule has 0 aliphatic carbocycles. The standard InChI is InChI=1S/C18H18ClNO/c1-13-14-7-2-4-9-16(14)20-18(13)15-8-3-5-10-17(15)21-12-6-11-19/h2-5,7-10,20H,6,11-12H2,1H3. The van der Waals surface area contributed by atoms with Crippen LogP contribution in [-0.2, 0) is 0 Å². The predicted molar refractivity (Wildman–Crippen MR) is 89.3 cm³/mol.